The summed E-state index contributed by atoms with van der Waals surface area (Å²) < 4.78 is 4.62. The number of imidazole rings is 1. The Kier molecular flexibility index (Phi) is 5.46. The predicted octanol–water partition coefficient (Wildman–Crippen LogP) is 0.854. The van der Waals surface area contributed by atoms with Crippen LogP contribution in [0.15, 0.2) is 23.4 Å². The molecule has 26 heavy (non-hydrogen) atoms. The van der Waals surface area contributed by atoms with E-state index in [1.54, 1.807) is 0 Å². The molecule has 1 aliphatic rings. The lowest BCUT2D eigenvalue weighted by atomic mass is 10.1. The first-order chi connectivity index (χ1) is 12.5. The number of aryl methyl sites for hydroxylation is 1. The SMILES string of the molecule is COC(=O)C[C@@H]1C(=O)NCCN1C(=O)CSc1nc2ccc(C)cc2[nH]1. The number of methoxy groups -OCH3 is 1. The van der Waals surface area contributed by atoms with Crippen molar-refractivity contribution in [3.8, 4) is 0 Å². The number of fused-ring (bicyclic) bond motifs is 1. The zero-order valence-electron chi connectivity index (χ0n) is 14.6. The molecule has 1 aromatic heterocycles. The number of thioether (sulfide) groups is 1. The molecule has 138 valence electrons. The van der Waals surface area contributed by atoms with E-state index in [1.165, 1.54) is 23.8 Å². The van der Waals surface area contributed by atoms with E-state index in [1.807, 2.05) is 25.1 Å². The summed E-state index contributed by atoms with van der Waals surface area (Å²) in [6, 6.07) is 5.07. The van der Waals surface area contributed by atoms with Crippen LogP contribution in [0.2, 0.25) is 0 Å². The van der Waals surface area contributed by atoms with Crippen LogP contribution >= 0.6 is 11.8 Å². The maximum atomic E-state index is 12.6. The Morgan fingerprint density at radius 3 is 3.00 bits per heavy atom. The van der Waals surface area contributed by atoms with Gasteiger partial charge in [0, 0.05) is 13.1 Å². The van der Waals surface area contributed by atoms with Gasteiger partial charge in [0.25, 0.3) is 0 Å². The summed E-state index contributed by atoms with van der Waals surface area (Å²) in [5.74, 6) is -0.941. The molecule has 3 rings (SSSR count). The molecule has 1 aliphatic heterocycles. The number of nitrogens with one attached hydrogen (secondary N) is 2. The monoisotopic (exact) mass is 376 g/mol. The predicted molar refractivity (Wildman–Crippen MR) is 96.7 cm³/mol. The number of rotatable bonds is 5. The average molecular weight is 376 g/mol. The van der Waals surface area contributed by atoms with Gasteiger partial charge in [-0.1, -0.05) is 17.8 Å². The highest BCUT2D eigenvalue weighted by Gasteiger charge is 2.34. The summed E-state index contributed by atoms with van der Waals surface area (Å²) in [5.41, 5.74) is 2.88. The molecule has 8 nitrogen and oxygen atoms in total. The summed E-state index contributed by atoms with van der Waals surface area (Å²) in [5, 5.41) is 3.32. The standard InChI is InChI=1S/C17H20N4O4S/c1-10-3-4-11-12(7-10)20-17(19-11)26-9-14(22)21-6-5-18-16(24)13(21)8-15(23)25-2/h3-4,7,13H,5-6,8-9H2,1-2H3,(H,18,24)(H,19,20)/t13-/m1/s1. The van der Waals surface area contributed by atoms with E-state index in [2.05, 4.69) is 20.0 Å². The highest BCUT2D eigenvalue weighted by atomic mass is 32.2. The van der Waals surface area contributed by atoms with E-state index in [0.717, 1.165) is 16.6 Å². The second kappa shape index (κ2) is 7.77. The summed E-state index contributed by atoms with van der Waals surface area (Å²) in [6.45, 7) is 2.74. The highest BCUT2D eigenvalue weighted by molar-refractivity contribution is 7.99. The van der Waals surface area contributed by atoms with Gasteiger partial charge in [0.15, 0.2) is 5.16 Å². The molecule has 9 heteroatoms. The van der Waals surface area contributed by atoms with E-state index in [-0.39, 0.29) is 24.0 Å². The minimum absolute atomic E-state index is 0.129. The fraction of sp³-hybridized carbons (Fsp3) is 0.412. The van der Waals surface area contributed by atoms with Gasteiger partial charge in [-0.05, 0) is 24.6 Å². The number of H-pyrrole nitrogens is 1. The van der Waals surface area contributed by atoms with Gasteiger partial charge < -0.3 is 19.9 Å². The topological polar surface area (TPSA) is 104 Å². The molecule has 0 bridgehead atoms. The van der Waals surface area contributed by atoms with Crippen molar-refractivity contribution in [2.45, 2.75) is 24.5 Å². The van der Waals surface area contributed by atoms with Gasteiger partial charge in [-0.15, -0.1) is 0 Å². The van der Waals surface area contributed by atoms with Gasteiger partial charge in [-0.3, -0.25) is 14.4 Å². The Morgan fingerprint density at radius 2 is 2.23 bits per heavy atom. The minimum atomic E-state index is -0.831. The van der Waals surface area contributed by atoms with Crippen molar-refractivity contribution in [3.63, 3.8) is 0 Å². The van der Waals surface area contributed by atoms with Gasteiger partial charge >= 0.3 is 5.97 Å². The zero-order chi connectivity index (χ0) is 18.7. The lowest BCUT2D eigenvalue weighted by Gasteiger charge is -2.34. The van der Waals surface area contributed by atoms with Crippen molar-refractivity contribution < 1.29 is 19.1 Å². The number of aromatic amines is 1. The number of aromatic nitrogens is 2. The van der Waals surface area contributed by atoms with Gasteiger partial charge in [-0.25, -0.2) is 4.98 Å². The maximum absolute atomic E-state index is 12.6. The van der Waals surface area contributed by atoms with Crippen molar-refractivity contribution in [2.75, 3.05) is 26.0 Å². The van der Waals surface area contributed by atoms with Gasteiger partial charge in [0.1, 0.15) is 6.04 Å². The van der Waals surface area contributed by atoms with Gasteiger partial charge in [0.05, 0.1) is 30.3 Å². The van der Waals surface area contributed by atoms with Crippen molar-refractivity contribution >= 4 is 40.6 Å². The van der Waals surface area contributed by atoms with E-state index in [4.69, 9.17) is 0 Å². The van der Waals surface area contributed by atoms with E-state index in [0.29, 0.717) is 18.2 Å². The average Bonchev–Trinajstić information content (AvgIpc) is 3.03. The van der Waals surface area contributed by atoms with Crippen LogP contribution in [0, 0.1) is 6.92 Å². The first-order valence-electron chi connectivity index (χ1n) is 8.21. The maximum Gasteiger partial charge on any atom is 0.308 e. The third-order valence-electron chi connectivity index (χ3n) is 4.19. The van der Waals surface area contributed by atoms with Crippen molar-refractivity contribution in [1.82, 2.24) is 20.2 Å². The summed E-state index contributed by atoms with van der Waals surface area (Å²) in [7, 11) is 1.26. The van der Waals surface area contributed by atoms with Crippen LogP contribution in [-0.4, -0.2) is 64.6 Å². The molecule has 0 radical (unpaired) electrons. The van der Waals surface area contributed by atoms with Crippen LogP contribution in [0.3, 0.4) is 0 Å². The summed E-state index contributed by atoms with van der Waals surface area (Å²) in [4.78, 5) is 45.3. The number of piperazine rings is 1. The molecule has 2 N–H and O–H groups in total. The first kappa shape index (κ1) is 18.2. The molecule has 2 amide bonds. The number of nitrogens with zero attached hydrogens (tertiary/aromatic N) is 2. The fourth-order valence-electron chi connectivity index (χ4n) is 2.84. The van der Waals surface area contributed by atoms with Gasteiger partial charge in [0.2, 0.25) is 11.8 Å². The fourth-order valence-corrected chi connectivity index (χ4v) is 3.61. The Labute approximate surface area is 154 Å². The number of benzene rings is 1. The van der Waals surface area contributed by atoms with Crippen LogP contribution in [0.4, 0.5) is 0 Å². The molecule has 1 aromatic carbocycles. The molecule has 0 saturated carbocycles. The van der Waals surface area contributed by atoms with Crippen molar-refractivity contribution in [2.24, 2.45) is 0 Å². The molecule has 2 aromatic rings. The van der Waals surface area contributed by atoms with Crippen LogP contribution in [0.1, 0.15) is 12.0 Å². The molecule has 1 fully saturated rings. The molecular weight excluding hydrogens is 356 g/mol. The Hall–Kier alpha value is -2.55. The highest BCUT2D eigenvalue weighted by Crippen LogP contribution is 2.21. The van der Waals surface area contributed by atoms with E-state index >= 15 is 0 Å². The number of hydrogen-bond donors (Lipinski definition) is 2. The molecule has 2 heterocycles. The second-order valence-electron chi connectivity index (χ2n) is 6.03. The number of carbonyl (C=O) groups is 3. The van der Waals surface area contributed by atoms with Crippen LogP contribution in [-0.2, 0) is 19.1 Å². The number of esters is 1. The second-order valence-corrected chi connectivity index (χ2v) is 6.99. The number of hydrogen-bond acceptors (Lipinski definition) is 6. The van der Waals surface area contributed by atoms with Crippen molar-refractivity contribution in [3.05, 3.63) is 23.8 Å². The zero-order valence-corrected chi connectivity index (χ0v) is 15.4. The Balaban J connectivity index is 1.66. The normalized spacial score (nSPS) is 17.2. The molecular formula is C17H20N4O4S. The third kappa shape index (κ3) is 3.98. The summed E-state index contributed by atoms with van der Waals surface area (Å²) in [6.07, 6.45) is -0.150. The molecule has 0 spiro atoms. The smallest absolute Gasteiger partial charge is 0.308 e. The molecule has 1 atom stereocenters. The number of carbonyl (C=O) groups excluding carboxylic acids is 3. The van der Waals surface area contributed by atoms with Gasteiger partial charge in [-0.2, -0.15) is 0 Å². The lowest BCUT2D eigenvalue weighted by molar-refractivity contribution is -0.149. The molecule has 0 aliphatic carbocycles. The largest absolute Gasteiger partial charge is 0.469 e. The van der Waals surface area contributed by atoms with E-state index in [9.17, 15) is 14.4 Å². The van der Waals surface area contributed by atoms with E-state index < -0.39 is 12.0 Å². The quantitative estimate of drug-likeness (QED) is 0.592. The molecule has 1 saturated heterocycles. The Morgan fingerprint density at radius 1 is 1.42 bits per heavy atom. The molecule has 0 unspecified atom stereocenters. The van der Waals surface area contributed by atoms with Crippen molar-refractivity contribution in [1.29, 1.82) is 0 Å². The number of ether oxygens (including phenoxy) is 1. The minimum Gasteiger partial charge on any atom is -0.469 e. The van der Waals surface area contributed by atoms with Crippen LogP contribution in [0.25, 0.3) is 11.0 Å². The lowest BCUT2D eigenvalue weighted by Crippen LogP contribution is -2.58. The Bertz CT molecular complexity index is 850. The summed E-state index contributed by atoms with van der Waals surface area (Å²) >= 11 is 1.28. The van der Waals surface area contributed by atoms with Crippen LogP contribution in [0.5, 0.6) is 0 Å². The van der Waals surface area contributed by atoms with Crippen LogP contribution < -0.4 is 5.32 Å². The third-order valence-corrected chi connectivity index (χ3v) is 5.04. The number of amides is 2. The first-order valence-corrected chi connectivity index (χ1v) is 9.19.